The molecule has 1 aromatic heterocycles. The Morgan fingerprint density at radius 1 is 1.08 bits per heavy atom. The van der Waals surface area contributed by atoms with Gasteiger partial charge in [0.2, 0.25) is 0 Å². The lowest BCUT2D eigenvalue weighted by molar-refractivity contribution is 0.0947. The van der Waals surface area contributed by atoms with Gasteiger partial charge in [0.1, 0.15) is 5.69 Å². The summed E-state index contributed by atoms with van der Waals surface area (Å²) in [6, 6.07) is 16.5. The van der Waals surface area contributed by atoms with Gasteiger partial charge >= 0.3 is 0 Å². The quantitative estimate of drug-likeness (QED) is 0.735. The van der Waals surface area contributed by atoms with Gasteiger partial charge in [-0.15, -0.1) is 0 Å². The molecule has 4 nitrogen and oxygen atoms in total. The topological polar surface area (TPSA) is 48.1 Å². The molecule has 1 amide bonds. The van der Waals surface area contributed by atoms with Crippen LogP contribution in [0.25, 0.3) is 10.9 Å². The van der Waals surface area contributed by atoms with Gasteiger partial charge in [-0.3, -0.25) is 4.79 Å². The van der Waals surface area contributed by atoms with Crippen LogP contribution < -0.4 is 10.2 Å². The van der Waals surface area contributed by atoms with Crippen molar-refractivity contribution in [2.45, 2.75) is 32.7 Å². The number of amides is 1. The van der Waals surface area contributed by atoms with Gasteiger partial charge in [-0.2, -0.15) is 0 Å². The van der Waals surface area contributed by atoms with Gasteiger partial charge in [0.05, 0.1) is 0 Å². The summed E-state index contributed by atoms with van der Waals surface area (Å²) in [5, 5.41) is 4.11. The summed E-state index contributed by atoms with van der Waals surface area (Å²) in [4.78, 5) is 18.2. The maximum atomic E-state index is 12.5. The molecular formula is C22H25N3O. The zero-order chi connectivity index (χ0) is 17.9. The molecule has 2 N–H and O–H groups in total. The van der Waals surface area contributed by atoms with Gasteiger partial charge in [0, 0.05) is 36.2 Å². The fraction of sp³-hybridized carbons (Fsp3) is 0.318. The zero-order valence-corrected chi connectivity index (χ0v) is 15.2. The minimum Gasteiger partial charge on any atom is -0.372 e. The lowest BCUT2D eigenvalue weighted by Crippen LogP contribution is -2.29. The van der Waals surface area contributed by atoms with Crippen molar-refractivity contribution in [1.82, 2.24) is 10.3 Å². The predicted molar refractivity (Wildman–Crippen MR) is 107 cm³/mol. The SMILES string of the molecule is Cc1cccc2cc(C(=O)NCc3cccc(N4CCCCC4)c3)[nH]c12. The molecule has 4 heteroatoms. The van der Waals surface area contributed by atoms with Gasteiger partial charge in [0.25, 0.3) is 5.91 Å². The van der Waals surface area contributed by atoms with Crippen molar-refractivity contribution < 1.29 is 4.79 Å². The van der Waals surface area contributed by atoms with Crippen LogP contribution in [0.15, 0.2) is 48.5 Å². The van der Waals surface area contributed by atoms with Gasteiger partial charge in [-0.1, -0.05) is 30.3 Å². The molecule has 4 rings (SSSR count). The van der Waals surface area contributed by atoms with E-state index >= 15 is 0 Å². The van der Waals surface area contributed by atoms with E-state index in [2.05, 4.69) is 39.5 Å². The first-order valence-corrected chi connectivity index (χ1v) is 9.41. The van der Waals surface area contributed by atoms with Crippen molar-refractivity contribution >= 4 is 22.5 Å². The van der Waals surface area contributed by atoms with Crippen molar-refractivity contribution in [2.75, 3.05) is 18.0 Å². The number of piperidine rings is 1. The molecule has 0 saturated carbocycles. The number of carbonyl (C=O) groups is 1. The molecule has 0 radical (unpaired) electrons. The largest absolute Gasteiger partial charge is 0.372 e. The first kappa shape index (κ1) is 16.7. The van der Waals surface area contributed by atoms with E-state index in [-0.39, 0.29) is 5.91 Å². The second-order valence-corrected chi connectivity index (χ2v) is 7.12. The maximum absolute atomic E-state index is 12.5. The summed E-state index contributed by atoms with van der Waals surface area (Å²) in [5.74, 6) is -0.0658. The van der Waals surface area contributed by atoms with E-state index in [1.807, 2.05) is 31.2 Å². The molecule has 0 unspecified atom stereocenters. The van der Waals surface area contributed by atoms with Gasteiger partial charge in [-0.05, 0) is 55.5 Å². The van der Waals surface area contributed by atoms with Gasteiger partial charge in [0.15, 0.2) is 0 Å². The number of benzene rings is 2. The van der Waals surface area contributed by atoms with Crippen LogP contribution in [0, 0.1) is 6.92 Å². The summed E-state index contributed by atoms with van der Waals surface area (Å²) in [7, 11) is 0. The second-order valence-electron chi connectivity index (χ2n) is 7.12. The molecule has 26 heavy (non-hydrogen) atoms. The predicted octanol–water partition coefficient (Wildman–Crippen LogP) is 4.40. The van der Waals surface area contributed by atoms with Crippen LogP contribution in [0.1, 0.15) is 40.9 Å². The van der Waals surface area contributed by atoms with Crippen LogP contribution in [0.4, 0.5) is 5.69 Å². The molecule has 3 aromatic rings. The molecule has 1 fully saturated rings. The number of anilines is 1. The number of para-hydroxylation sites is 1. The van der Waals surface area contributed by atoms with Crippen LogP contribution in [0.3, 0.4) is 0 Å². The monoisotopic (exact) mass is 347 g/mol. The highest BCUT2D eigenvalue weighted by Gasteiger charge is 2.13. The van der Waals surface area contributed by atoms with E-state index < -0.39 is 0 Å². The van der Waals surface area contributed by atoms with E-state index in [0.717, 1.165) is 35.1 Å². The summed E-state index contributed by atoms with van der Waals surface area (Å²) in [6.07, 6.45) is 3.86. The lowest BCUT2D eigenvalue weighted by atomic mass is 10.1. The first-order chi connectivity index (χ1) is 12.7. The van der Waals surface area contributed by atoms with E-state index in [9.17, 15) is 4.79 Å². The second kappa shape index (κ2) is 7.24. The van der Waals surface area contributed by atoms with E-state index in [1.165, 1.54) is 24.9 Å². The number of nitrogens with zero attached hydrogens (tertiary/aromatic N) is 1. The highest BCUT2D eigenvalue weighted by atomic mass is 16.1. The summed E-state index contributed by atoms with van der Waals surface area (Å²) in [6.45, 7) is 4.84. The molecule has 134 valence electrons. The minimum absolute atomic E-state index is 0.0658. The number of fused-ring (bicyclic) bond motifs is 1. The first-order valence-electron chi connectivity index (χ1n) is 9.41. The van der Waals surface area contributed by atoms with Crippen molar-refractivity contribution in [2.24, 2.45) is 0 Å². The molecule has 0 aliphatic carbocycles. The smallest absolute Gasteiger partial charge is 0.267 e. The van der Waals surface area contributed by atoms with Crippen LogP contribution >= 0.6 is 0 Å². The highest BCUT2D eigenvalue weighted by molar-refractivity contribution is 5.98. The zero-order valence-electron chi connectivity index (χ0n) is 15.2. The number of rotatable bonds is 4. The molecule has 2 heterocycles. The van der Waals surface area contributed by atoms with Crippen molar-refractivity contribution in [3.8, 4) is 0 Å². The molecule has 1 saturated heterocycles. The third-order valence-electron chi connectivity index (χ3n) is 5.19. The molecule has 2 aromatic carbocycles. The standard InChI is InChI=1S/C22H25N3O/c1-16-7-5-9-18-14-20(24-21(16)18)22(26)23-15-17-8-6-10-19(13-17)25-11-3-2-4-12-25/h5-10,13-14,24H,2-4,11-12,15H2,1H3,(H,23,26). The third kappa shape index (κ3) is 3.45. The Morgan fingerprint density at radius 2 is 1.88 bits per heavy atom. The molecule has 0 atom stereocenters. The van der Waals surface area contributed by atoms with Gasteiger partial charge in [-0.25, -0.2) is 0 Å². The van der Waals surface area contributed by atoms with Crippen molar-refractivity contribution in [3.05, 3.63) is 65.4 Å². The number of aromatic nitrogens is 1. The fourth-order valence-corrected chi connectivity index (χ4v) is 3.72. The Hall–Kier alpha value is -2.75. The number of nitrogens with one attached hydrogen (secondary N) is 2. The van der Waals surface area contributed by atoms with Crippen molar-refractivity contribution in [3.63, 3.8) is 0 Å². The van der Waals surface area contributed by atoms with E-state index in [1.54, 1.807) is 0 Å². The number of hydrogen-bond acceptors (Lipinski definition) is 2. The Kier molecular flexibility index (Phi) is 4.65. The molecule has 0 spiro atoms. The average Bonchev–Trinajstić information content (AvgIpc) is 3.13. The number of aryl methyl sites for hydroxylation is 1. The van der Waals surface area contributed by atoms with Crippen LogP contribution in [-0.2, 0) is 6.54 Å². The van der Waals surface area contributed by atoms with Crippen LogP contribution in [-0.4, -0.2) is 24.0 Å². The third-order valence-corrected chi connectivity index (χ3v) is 5.19. The Morgan fingerprint density at radius 3 is 2.69 bits per heavy atom. The number of hydrogen-bond donors (Lipinski definition) is 2. The summed E-state index contributed by atoms with van der Waals surface area (Å²) < 4.78 is 0. The number of H-pyrrole nitrogens is 1. The molecule has 0 bridgehead atoms. The maximum Gasteiger partial charge on any atom is 0.267 e. The van der Waals surface area contributed by atoms with Crippen LogP contribution in [0.5, 0.6) is 0 Å². The normalized spacial score (nSPS) is 14.6. The number of carbonyl (C=O) groups excluding carboxylic acids is 1. The lowest BCUT2D eigenvalue weighted by Gasteiger charge is -2.29. The minimum atomic E-state index is -0.0658. The van der Waals surface area contributed by atoms with E-state index in [4.69, 9.17) is 0 Å². The summed E-state index contributed by atoms with van der Waals surface area (Å²) in [5.41, 5.74) is 5.19. The highest BCUT2D eigenvalue weighted by Crippen LogP contribution is 2.21. The number of aromatic amines is 1. The van der Waals surface area contributed by atoms with E-state index in [0.29, 0.717) is 12.2 Å². The van der Waals surface area contributed by atoms with Crippen LogP contribution in [0.2, 0.25) is 0 Å². The van der Waals surface area contributed by atoms with Gasteiger partial charge < -0.3 is 15.2 Å². The average molecular weight is 347 g/mol. The Bertz CT molecular complexity index is 922. The molecule has 1 aliphatic rings. The fourth-order valence-electron chi connectivity index (χ4n) is 3.72. The Balaban J connectivity index is 1.44. The summed E-state index contributed by atoms with van der Waals surface area (Å²) >= 11 is 0. The molecular weight excluding hydrogens is 322 g/mol. The molecule has 1 aliphatic heterocycles. The Labute approximate surface area is 154 Å². The van der Waals surface area contributed by atoms with Crippen molar-refractivity contribution in [1.29, 1.82) is 0 Å².